The Bertz CT molecular complexity index is 1100. The molecule has 34 heavy (non-hydrogen) atoms. The Morgan fingerprint density at radius 1 is 0.971 bits per heavy atom. The van der Waals surface area contributed by atoms with Crippen LogP contribution < -0.4 is 15.8 Å². The average Bonchev–Trinajstić information content (AvgIpc) is 2.89. The zero-order valence-corrected chi connectivity index (χ0v) is 19.2. The first-order chi connectivity index (χ1) is 16.5. The lowest BCUT2D eigenvalue weighted by molar-refractivity contribution is -0.134. The molecule has 1 unspecified atom stereocenters. The van der Waals surface area contributed by atoms with Crippen LogP contribution in [0, 0.1) is 0 Å². The van der Waals surface area contributed by atoms with Gasteiger partial charge in [-0.15, -0.1) is 0 Å². The number of anilines is 1. The van der Waals surface area contributed by atoms with Crippen molar-refractivity contribution in [3.63, 3.8) is 0 Å². The first-order valence-corrected chi connectivity index (χ1v) is 11.2. The molecular formula is C26H29N5O3. The number of hydrogen-bond donors (Lipinski definition) is 2. The Kier molecular flexibility index (Phi) is 7.51. The second kappa shape index (κ2) is 10.9. The van der Waals surface area contributed by atoms with Crippen LogP contribution in [0.25, 0.3) is 0 Å². The van der Waals surface area contributed by atoms with Crippen molar-refractivity contribution in [2.75, 3.05) is 38.6 Å². The van der Waals surface area contributed by atoms with Crippen molar-refractivity contribution in [1.82, 2.24) is 14.8 Å². The molecular weight excluding hydrogens is 430 g/mol. The first kappa shape index (κ1) is 23.4. The van der Waals surface area contributed by atoms with Crippen LogP contribution in [0.4, 0.5) is 5.69 Å². The fourth-order valence-electron chi connectivity index (χ4n) is 3.94. The Labute approximate surface area is 199 Å². The highest BCUT2D eigenvalue weighted by Gasteiger charge is 2.26. The molecule has 1 fully saturated rings. The number of carbonyl (C=O) groups is 2. The van der Waals surface area contributed by atoms with Gasteiger partial charge in [0.15, 0.2) is 0 Å². The lowest BCUT2D eigenvalue weighted by Gasteiger charge is -2.36. The summed E-state index contributed by atoms with van der Waals surface area (Å²) in [7, 11) is 1.66. The fourth-order valence-corrected chi connectivity index (χ4v) is 3.94. The number of aromatic nitrogens is 1. The minimum absolute atomic E-state index is 0.0990. The van der Waals surface area contributed by atoms with Crippen LogP contribution in [-0.2, 0) is 11.3 Å². The molecule has 8 nitrogen and oxygen atoms in total. The third-order valence-corrected chi connectivity index (χ3v) is 5.99. The number of ether oxygens (including phenoxy) is 1. The van der Waals surface area contributed by atoms with Crippen LogP contribution in [0.1, 0.15) is 27.5 Å². The average molecular weight is 460 g/mol. The maximum Gasteiger partial charge on any atom is 0.255 e. The number of hydrogen-bond acceptors (Lipinski definition) is 6. The Morgan fingerprint density at radius 3 is 2.24 bits per heavy atom. The van der Waals surface area contributed by atoms with Crippen molar-refractivity contribution in [1.29, 1.82) is 0 Å². The second-order valence-electron chi connectivity index (χ2n) is 8.24. The van der Waals surface area contributed by atoms with Gasteiger partial charge in [0, 0.05) is 56.4 Å². The number of nitrogens with one attached hydrogen (secondary N) is 1. The van der Waals surface area contributed by atoms with Crippen molar-refractivity contribution in [3.05, 3.63) is 89.7 Å². The molecule has 1 aromatic heterocycles. The monoisotopic (exact) mass is 459 g/mol. The standard InChI is InChI=1S/C26H29N5O3/c1-34-23-8-2-19(3-9-23)18-30-14-16-31(17-15-30)26(33)24(27)20-4-6-21(7-5-20)25(32)29-22-10-12-28-13-11-22/h2-13,24H,14-18,27H2,1H3,(H,28,29,32). The maximum atomic E-state index is 13.0. The van der Waals surface area contributed by atoms with Crippen LogP contribution in [0.15, 0.2) is 73.1 Å². The minimum Gasteiger partial charge on any atom is -0.497 e. The predicted octanol–water partition coefficient (Wildman–Crippen LogP) is 2.69. The zero-order valence-electron chi connectivity index (χ0n) is 19.2. The van der Waals surface area contributed by atoms with Crippen LogP contribution in [0.3, 0.4) is 0 Å². The van der Waals surface area contributed by atoms with Gasteiger partial charge in [0.05, 0.1) is 7.11 Å². The van der Waals surface area contributed by atoms with Crippen molar-refractivity contribution >= 4 is 17.5 Å². The van der Waals surface area contributed by atoms with E-state index in [1.807, 2.05) is 17.0 Å². The predicted molar refractivity (Wildman–Crippen MR) is 130 cm³/mol. The van der Waals surface area contributed by atoms with E-state index in [4.69, 9.17) is 10.5 Å². The lowest BCUT2D eigenvalue weighted by atomic mass is 10.0. The topological polar surface area (TPSA) is 101 Å². The molecule has 1 atom stereocenters. The van der Waals surface area contributed by atoms with Gasteiger partial charge in [-0.05, 0) is 47.5 Å². The van der Waals surface area contributed by atoms with E-state index in [2.05, 4.69) is 27.3 Å². The highest BCUT2D eigenvalue weighted by Crippen LogP contribution is 2.18. The molecule has 0 bridgehead atoms. The highest BCUT2D eigenvalue weighted by atomic mass is 16.5. The smallest absolute Gasteiger partial charge is 0.255 e. The third-order valence-electron chi connectivity index (χ3n) is 5.99. The zero-order chi connectivity index (χ0) is 23.9. The summed E-state index contributed by atoms with van der Waals surface area (Å²) >= 11 is 0. The molecule has 176 valence electrons. The number of nitrogens with two attached hydrogens (primary N) is 1. The van der Waals surface area contributed by atoms with E-state index in [0.29, 0.717) is 29.9 Å². The Balaban J connectivity index is 1.28. The number of pyridine rings is 1. The lowest BCUT2D eigenvalue weighted by Crippen LogP contribution is -2.50. The molecule has 0 radical (unpaired) electrons. The summed E-state index contributed by atoms with van der Waals surface area (Å²) < 4.78 is 5.21. The normalized spacial score (nSPS) is 14.9. The summed E-state index contributed by atoms with van der Waals surface area (Å²) in [4.78, 5) is 33.5. The second-order valence-corrected chi connectivity index (χ2v) is 8.24. The largest absolute Gasteiger partial charge is 0.497 e. The molecule has 1 saturated heterocycles. The molecule has 4 rings (SSSR count). The van der Waals surface area contributed by atoms with Gasteiger partial charge in [-0.2, -0.15) is 0 Å². The van der Waals surface area contributed by atoms with Crippen LogP contribution in [0.2, 0.25) is 0 Å². The van der Waals surface area contributed by atoms with Crippen LogP contribution in [-0.4, -0.2) is 59.9 Å². The van der Waals surface area contributed by atoms with Crippen molar-refractivity contribution in [2.24, 2.45) is 5.73 Å². The van der Waals surface area contributed by atoms with Crippen molar-refractivity contribution in [3.8, 4) is 5.75 Å². The molecule has 1 aliphatic heterocycles. The quantitative estimate of drug-likeness (QED) is 0.564. The fraction of sp³-hybridized carbons (Fsp3) is 0.269. The Hall–Kier alpha value is -3.75. The number of methoxy groups -OCH3 is 1. The summed E-state index contributed by atoms with van der Waals surface area (Å²) in [6.45, 7) is 3.68. The van der Waals surface area contributed by atoms with E-state index < -0.39 is 6.04 Å². The molecule has 8 heteroatoms. The summed E-state index contributed by atoms with van der Waals surface area (Å²) in [5, 5.41) is 2.81. The van der Waals surface area contributed by atoms with E-state index in [0.717, 1.165) is 25.4 Å². The van der Waals surface area contributed by atoms with Gasteiger partial charge in [-0.3, -0.25) is 19.5 Å². The minimum atomic E-state index is -0.759. The number of carbonyl (C=O) groups excluding carboxylic acids is 2. The third kappa shape index (κ3) is 5.78. The SMILES string of the molecule is COc1ccc(CN2CCN(C(=O)C(N)c3ccc(C(=O)Nc4ccncc4)cc3)CC2)cc1. The van der Waals surface area contributed by atoms with Gasteiger partial charge in [0.25, 0.3) is 5.91 Å². The van der Waals surface area contributed by atoms with Crippen LogP contribution >= 0.6 is 0 Å². The van der Waals surface area contributed by atoms with Gasteiger partial charge in [-0.1, -0.05) is 24.3 Å². The summed E-state index contributed by atoms with van der Waals surface area (Å²) in [5.41, 5.74) is 9.34. The molecule has 0 aliphatic carbocycles. The first-order valence-electron chi connectivity index (χ1n) is 11.2. The summed E-state index contributed by atoms with van der Waals surface area (Å²) in [6.07, 6.45) is 3.23. The van der Waals surface area contributed by atoms with Gasteiger partial charge in [0.1, 0.15) is 11.8 Å². The number of nitrogens with zero attached hydrogens (tertiary/aromatic N) is 3. The van der Waals surface area contributed by atoms with Crippen LogP contribution in [0.5, 0.6) is 5.75 Å². The summed E-state index contributed by atoms with van der Waals surface area (Å²) in [5.74, 6) is 0.513. The molecule has 1 aliphatic rings. The molecule has 2 heterocycles. The van der Waals surface area contributed by atoms with E-state index in [-0.39, 0.29) is 11.8 Å². The van der Waals surface area contributed by atoms with E-state index in [1.54, 1.807) is 55.9 Å². The van der Waals surface area contributed by atoms with E-state index in [9.17, 15) is 9.59 Å². The van der Waals surface area contributed by atoms with E-state index >= 15 is 0 Å². The number of amides is 2. The molecule has 3 aromatic rings. The Morgan fingerprint density at radius 2 is 1.62 bits per heavy atom. The van der Waals surface area contributed by atoms with Gasteiger partial charge >= 0.3 is 0 Å². The molecule has 0 saturated carbocycles. The maximum absolute atomic E-state index is 13.0. The van der Waals surface area contributed by atoms with Crippen molar-refractivity contribution < 1.29 is 14.3 Å². The number of benzene rings is 2. The van der Waals surface area contributed by atoms with Crippen molar-refractivity contribution in [2.45, 2.75) is 12.6 Å². The molecule has 2 aromatic carbocycles. The molecule has 2 amide bonds. The number of rotatable bonds is 7. The molecule has 0 spiro atoms. The van der Waals surface area contributed by atoms with Gasteiger partial charge in [-0.25, -0.2) is 0 Å². The van der Waals surface area contributed by atoms with Gasteiger partial charge < -0.3 is 20.7 Å². The van der Waals surface area contributed by atoms with Gasteiger partial charge in [0.2, 0.25) is 5.91 Å². The molecule has 3 N–H and O–H groups in total. The summed E-state index contributed by atoms with van der Waals surface area (Å²) in [6, 6.07) is 17.6. The van der Waals surface area contributed by atoms with E-state index in [1.165, 1.54) is 5.56 Å². The highest BCUT2D eigenvalue weighted by molar-refractivity contribution is 6.04. The number of piperazine rings is 1.